The lowest BCUT2D eigenvalue weighted by Gasteiger charge is -2.11. The van der Waals surface area contributed by atoms with Crippen LogP contribution in [0, 0.1) is 6.92 Å². The van der Waals surface area contributed by atoms with E-state index in [1.165, 1.54) is 0 Å². The highest BCUT2D eigenvalue weighted by atomic mass is 19.3. The molecule has 1 aliphatic rings. The first-order valence-corrected chi connectivity index (χ1v) is 5.68. The Hall–Kier alpha value is -1.56. The van der Waals surface area contributed by atoms with E-state index < -0.39 is 24.4 Å². The van der Waals surface area contributed by atoms with Gasteiger partial charge in [0.25, 0.3) is 0 Å². The Labute approximate surface area is 103 Å². The molecular formula is C12H14F2N2O2. The van der Waals surface area contributed by atoms with Crippen molar-refractivity contribution >= 4 is 5.97 Å². The third-order valence-electron chi connectivity index (χ3n) is 2.88. The number of carbonyl (C=O) groups is 1. The molecule has 1 fully saturated rings. The van der Waals surface area contributed by atoms with E-state index in [1.807, 2.05) is 13.0 Å². The van der Waals surface area contributed by atoms with Crippen LogP contribution in [-0.2, 0) is 16.1 Å². The van der Waals surface area contributed by atoms with E-state index in [9.17, 15) is 13.6 Å². The number of aryl methyl sites for hydroxylation is 1. The number of hydrogen-bond acceptors (Lipinski definition) is 4. The van der Waals surface area contributed by atoms with Crippen molar-refractivity contribution in [1.29, 1.82) is 0 Å². The number of carbonyl (C=O) groups excluding carboxylic acids is 1. The Morgan fingerprint density at radius 2 is 2.39 bits per heavy atom. The van der Waals surface area contributed by atoms with Gasteiger partial charge in [0.2, 0.25) is 0 Å². The standard InChI is InChI=1S/C12H14F2N2O2/c1-8-5-15-3-2-9(8)6-16-7-10-4-12(13,14)11(17)18-10/h2-3,5,10,16H,4,6-7H2,1H3. The van der Waals surface area contributed by atoms with Gasteiger partial charge in [-0.25, -0.2) is 4.79 Å². The van der Waals surface area contributed by atoms with Crippen molar-refractivity contribution in [1.82, 2.24) is 10.3 Å². The molecule has 1 unspecified atom stereocenters. The van der Waals surface area contributed by atoms with E-state index in [1.54, 1.807) is 12.4 Å². The fraction of sp³-hybridized carbons (Fsp3) is 0.500. The number of rotatable bonds is 4. The molecule has 18 heavy (non-hydrogen) atoms. The maximum absolute atomic E-state index is 12.9. The second kappa shape index (κ2) is 4.97. The highest BCUT2D eigenvalue weighted by Crippen LogP contribution is 2.30. The summed E-state index contributed by atoms with van der Waals surface area (Å²) in [5, 5.41) is 3.00. The van der Waals surface area contributed by atoms with E-state index in [-0.39, 0.29) is 6.54 Å². The quantitative estimate of drug-likeness (QED) is 0.828. The number of alkyl halides is 2. The number of nitrogens with zero attached hydrogens (tertiary/aromatic N) is 1. The minimum atomic E-state index is -3.33. The predicted molar refractivity (Wildman–Crippen MR) is 60.1 cm³/mol. The van der Waals surface area contributed by atoms with Crippen molar-refractivity contribution in [3.63, 3.8) is 0 Å². The number of hydrogen-bond donors (Lipinski definition) is 1. The van der Waals surface area contributed by atoms with Crippen LogP contribution < -0.4 is 5.32 Å². The van der Waals surface area contributed by atoms with Crippen LogP contribution in [0.4, 0.5) is 8.78 Å². The molecule has 1 saturated heterocycles. The van der Waals surface area contributed by atoms with Gasteiger partial charge in [0, 0.05) is 25.5 Å². The number of cyclic esters (lactones) is 1. The van der Waals surface area contributed by atoms with Crippen molar-refractivity contribution in [2.24, 2.45) is 0 Å². The van der Waals surface area contributed by atoms with Crippen LogP contribution in [-0.4, -0.2) is 29.5 Å². The first-order valence-electron chi connectivity index (χ1n) is 5.68. The highest BCUT2D eigenvalue weighted by molar-refractivity contribution is 5.79. The number of esters is 1. The lowest BCUT2D eigenvalue weighted by Crippen LogP contribution is -2.27. The summed E-state index contributed by atoms with van der Waals surface area (Å²) >= 11 is 0. The molecule has 1 N–H and O–H groups in total. The number of nitrogens with one attached hydrogen (secondary N) is 1. The summed E-state index contributed by atoms with van der Waals surface area (Å²) < 4.78 is 30.4. The highest BCUT2D eigenvalue weighted by Gasteiger charge is 2.50. The van der Waals surface area contributed by atoms with Gasteiger partial charge in [-0.15, -0.1) is 0 Å². The molecule has 1 aromatic heterocycles. The zero-order chi connectivity index (χ0) is 13.2. The first-order chi connectivity index (χ1) is 8.49. The smallest absolute Gasteiger partial charge is 0.377 e. The Kier molecular flexibility index (Phi) is 3.56. The lowest BCUT2D eigenvalue weighted by atomic mass is 10.1. The third kappa shape index (κ3) is 2.81. The van der Waals surface area contributed by atoms with Crippen LogP contribution in [0.25, 0.3) is 0 Å². The normalized spacial score (nSPS) is 21.9. The third-order valence-corrected chi connectivity index (χ3v) is 2.88. The molecule has 1 aromatic rings. The van der Waals surface area contributed by atoms with E-state index in [2.05, 4.69) is 15.0 Å². The molecule has 2 heterocycles. The molecule has 0 bridgehead atoms. The van der Waals surface area contributed by atoms with Gasteiger partial charge in [0.05, 0.1) is 6.42 Å². The van der Waals surface area contributed by atoms with E-state index in [0.717, 1.165) is 11.1 Å². The van der Waals surface area contributed by atoms with E-state index in [4.69, 9.17) is 0 Å². The Morgan fingerprint density at radius 3 is 3.00 bits per heavy atom. The number of pyridine rings is 1. The number of ether oxygens (including phenoxy) is 1. The molecule has 0 saturated carbocycles. The van der Waals surface area contributed by atoms with Crippen molar-refractivity contribution in [3.05, 3.63) is 29.6 Å². The maximum Gasteiger partial charge on any atom is 0.377 e. The van der Waals surface area contributed by atoms with Crippen LogP contribution in [0.5, 0.6) is 0 Å². The average molecular weight is 256 g/mol. The minimum Gasteiger partial charge on any atom is -0.456 e. The summed E-state index contributed by atoms with van der Waals surface area (Å²) in [6.45, 7) is 2.69. The van der Waals surface area contributed by atoms with Crippen LogP contribution in [0.3, 0.4) is 0 Å². The topological polar surface area (TPSA) is 51.2 Å². The molecule has 1 atom stereocenters. The van der Waals surface area contributed by atoms with E-state index >= 15 is 0 Å². The van der Waals surface area contributed by atoms with Gasteiger partial charge in [-0.2, -0.15) is 8.78 Å². The molecule has 0 spiro atoms. The fourth-order valence-corrected chi connectivity index (χ4v) is 1.83. The van der Waals surface area contributed by atoms with Gasteiger partial charge < -0.3 is 10.1 Å². The molecule has 4 nitrogen and oxygen atoms in total. The molecule has 6 heteroatoms. The summed E-state index contributed by atoms with van der Waals surface area (Å²) in [6, 6.07) is 1.86. The largest absolute Gasteiger partial charge is 0.456 e. The van der Waals surface area contributed by atoms with E-state index in [0.29, 0.717) is 6.54 Å². The number of halogens is 2. The van der Waals surface area contributed by atoms with Gasteiger partial charge in [-0.1, -0.05) is 0 Å². The molecule has 0 amide bonds. The van der Waals surface area contributed by atoms with Gasteiger partial charge in [0.1, 0.15) is 6.10 Å². The summed E-state index contributed by atoms with van der Waals surface area (Å²) in [6.07, 6.45) is 2.11. The molecule has 1 aliphatic heterocycles. The lowest BCUT2D eigenvalue weighted by molar-refractivity contribution is -0.159. The van der Waals surface area contributed by atoms with Crippen LogP contribution in [0.15, 0.2) is 18.5 Å². The van der Waals surface area contributed by atoms with Crippen molar-refractivity contribution in [2.75, 3.05) is 6.54 Å². The fourth-order valence-electron chi connectivity index (χ4n) is 1.83. The zero-order valence-electron chi connectivity index (χ0n) is 9.95. The summed E-state index contributed by atoms with van der Waals surface area (Å²) in [4.78, 5) is 14.7. The second-order valence-electron chi connectivity index (χ2n) is 4.37. The summed E-state index contributed by atoms with van der Waals surface area (Å²) in [5.41, 5.74) is 2.07. The van der Waals surface area contributed by atoms with Crippen LogP contribution in [0.2, 0.25) is 0 Å². The average Bonchev–Trinajstić information content (AvgIpc) is 2.55. The molecular weight excluding hydrogens is 242 g/mol. The molecule has 2 rings (SSSR count). The van der Waals surface area contributed by atoms with Crippen LogP contribution in [0.1, 0.15) is 17.5 Å². The molecule has 98 valence electrons. The van der Waals surface area contributed by atoms with Crippen molar-refractivity contribution < 1.29 is 18.3 Å². The Balaban J connectivity index is 1.81. The summed E-state index contributed by atoms with van der Waals surface area (Å²) in [5.74, 6) is -4.76. The predicted octanol–water partition coefficient (Wildman–Crippen LogP) is 1.43. The molecule has 0 aliphatic carbocycles. The Morgan fingerprint density at radius 1 is 1.61 bits per heavy atom. The number of aromatic nitrogens is 1. The molecule has 0 aromatic carbocycles. The monoisotopic (exact) mass is 256 g/mol. The Bertz CT molecular complexity index is 451. The first kappa shape index (κ1) is 12.9. The summed E-state index contributed by atoms with van der Waals surface area (Å²) in [7, 11) is 0. The van der Waals surface area contributed by atoms with Gasteiger partial charge in [-0.3, -0.25) is 4.98 Å². The van der Waals surface area contributed by atoms with Gasteiger partial charge in [0.15, 0.2) is 0 Å². The van der Waals surface area contributed by atoms with Gasteiger partial charge >= 0.3 is 11.9 Å². The minimum absolute atomic E-state index is 0.225. The van der Waals surface area contributed by atoms with Crippen molar-refractivity contribution in [2.45, 2.75) is 31.9 Å². The SMILES string of the molecule is Cc1cnccc1CNCC1CC(F)(F)C(=O)O1. The molecule has 0 radical (unpaired) electrons. The zero-order valence-corrected chi connectivity index (χ0v) is 9.95. The van der Waals surface area contributed by atoms with Crippen LogP contribution >= 0.6 is 0 Å². The maximum atomic E-state index is 12.9. The van der Waals surface area contributed by atoms with Crippen molar-refractivity contribution in [3.8, 4) is 0 Å². The van der Waals surface area contributed by atoms with Gasteiger partial charge in [-0.05, 0) is 24.1 Å². The second-order valence-corrected chi connectivity index (χ2v) is 4.37.